The predicted octanol–water partition coefficient (Wildman–Crippen LogP) is 3.85. The molecule has 0 aliphatic carbocycles. The molecular weight excluding hydrogens is 212 g/mol. The number of phenols is 1. The van der Waals surface area contributed by atoms with Gasteiger partial charge in [0, 0.05) is 5.56 Å². The molecule has 84 valence electrons. The Labute approximate surface area is 99.5 Å². The summed E-state index contributed by atoms with van der Waals surface area (Å²) in [7, 11) is 0. The summed E-state index contributed by atoms with van der Waals surface area (Å²) in [6.07, 6.45) is 1.91. The highest BCUT2D eigenvalue weighted by molar-refractivity contribution is 5.97. The molecule has 17 heavy (non-hydrogen) atoms. The minimum Gasteiger partial charge on any atom is -0.508 e. The summed E-state index contributed by atoms with van der Waals surface area (Å²) in [5.41, 5.74) is 2.14. The van der Waals surface area contributed by atoms with Crippen LogP contribution in [0.5, 0.6) is 11.5 Å². The topological polar surface area (TPSA) is 29.5 Å². The molecule has 2 aromatic carbocycles. The molecule has 0 spiro atoms. The first kappa shape index (κ1) is 9.97. The average Bonchev–Trinajstić information content (AvgIpc) is 2.27. The second-order valence-electron chi connectivity index (χ2n) is 4.24. The van der Waals surface area contributed by atoms with Crippen molar-refractivity contribution in [1.29, 1.82) is 0 Å². The van der Waals surface area contributed by atoms with E-state index < -0.39 is 0 Å². The summed E-state index contributed by atoms with van der Waals surface area (Å²) in [5, 5.41) is 11.7. The number of benzene rings is 2. The van der Waals surface area contributed by atoms with Crippen LogP contribution >= 0.6 is 0 Å². The average molecular weight is 224 g/mol. The number of rotatable bonds is 0. The smallest absolute Gasteiger partial charge is 0.135 e. The van der Waals surface area contributed by atoms with Crippen LogP contribution in [0.2, 0.25) is 0 Å². The molecule has 2 heteroatoms. The van der Waals surface area contributed by atoms with Crippen molar-refractivity contribution in [2.75, 3.05) is 0 Å². The van der Waals surface area contributed by atoms with Gasteiger partial charge in [-0.25, -0.2) is 0 Å². The van der Waals surface area contributed by atoms with E-state index in [4.69, 9.17) is 4.74 Å². The lowest BCUT2D eigenvalue weighted by Gasteiger charge is -2.19. The van der Waals surface area contributed by atoms with Gasteiger partial charge in [0.1, 0.15) is 17.3 Å². The predicted molar refractivity (Wildman–Crippen MR) is 69.0 cm³/mol. The van der Waals surface area contributed by atoms with E-state index in [1.807, 2.05) is 31.2 Å². The first-order chi connectivity index (χ1) is 8.15. The molecular formula is C15H12O2. The standard InChI is InChI=1S/C15H12O2/c1-9-7-10(2)17-14-6-4-11-3-5-12(16)8-13(11)15(9)14/h3-8,16H,2H2,1H3. The van der Waals surface area contributed by atoms with Gasteiger partial charge in [-0.15, -0.1) is 0 Å². The van der Waals surface area contributed by atoms with Crippen LogP contribution in [0.3, 0.4) is 0 Å². The molecule has 0 bridgehead atoms. The van der Waals surface area contributed by atoms with Gasteiger partial charge in [0.25, 0.3) is 0 Å². The van der Waals surface area contributed by atoms with E-state index in [0.717, 1.165) is 27.7 Å². The second-order valence-corrected chi connectivity index (χ2v) is 4.24. The Morgan fingerprint density at radius 3 is 2.76 bits per heavy atom. The quantitative estimate of drug-likeness (QED) is 0.736. The maximum atomic E-state index is 9.59. The molecule has 0 saturated carbocycles. The molecule has 0 aromatic heterocycles. The number of allylic oxidation sites excluding steroid dienone is 2. The molecule has 1 aliphatic rings. The molecule has 1 aliphatic heterocycles. The molecule has 2 aromatic rings. The van der Waals surface area contributed by atoms with E-state index in [-0.39, 0.29) is 5.75 Å². The SMILES string of the molecule is C=C1C=C(C)c2c(ccc3ccc(O)cc23)O1. The molecule has 2 nitrogen and oxygen atoms in total. The Kier molecular flexibility index (Phi) is 1.99. The number of ether oxygens (including phenoxy) is 1. The lowest BCUT2D eigenvalue weighted by atomic mass is 9.96. The fraction of sp³-hybridized carbons (Fsp3) is 0.0667. The Morgan fingerprint density at radius 1 is 1.18 bits per heavy atom. The van der Waals surface area contributed by atoms with Crippen LogP contribution < -0.4 is 4.74 Å². The fourth-order valence-electron chi connectivity index (χ4n) is 2.26. The third-order valence-corrected chi connectivity index (χ3v) is 2.98. The lowest BCUT2D eigenvalue weighted by molar-refractivity contribution is 0.442. The zero-order valence-corrected chi connectivity index (χ0v) is 9.53. The molecule has 0 amide bonds. The monoisotopic (exact) mass is 224 g/mol. The van der Waals surface area contributed by atoms with E-state index in [2.05, 4.69) is 6.58 Å². The normalized spacial score (nSPS) is 14.2. The van der Waals surface area contributed by atoms with Gasteiger partial charge in [0.2, 0.25) is 0 Å². The Morgan fingerprint density at radius 2 is 1.94 bits per heavy atom. The van der Waals surface area contributed by atoms with Crippen LogP contribution in [-0.4, -0.2) is 5.11 Å². The van der Waals surface area contributed by atoms with E-state index >= 15 is 0 Å². The van der Waals surface area contributed by atoms with Crippen LogP contribution in [0.1, 0.15) is 12.5 Å². The van der Waals surface area contributed by atoms with Gasteiger partial charge >= 0.3 is 0 Å². The van der Waals surface area contributed by atoms with E-state index in [1.54, 1.807) is 12.1 Å². The molecule has 0 saturated heterocycles. The first-order valence-electron chi connectivity index (χ1n) is 5.46. The molecule has 1 heterocycles. The third-order valence-electron chi connectivity index (χ3n) is 2.98. The minimum absolute atomic E-state index is 0.267. The molecule has 1 N–H and O–H groups in total. The van der Waals surface area contributed by atoms with E-state index in [9.17, 15) is 5.11 Å². The summed E-state index contributed by atoms with van der Waals surface area (Å²) in [5.74, 6) is 1.71. The highest BCUT2D eigenvalue weighted by atomic mass is 16.5. The van der Waals surface area contributed by atoms with E-state index in [1.165, 1.54) is 0 Å². The number of hydrogen-bond donors (Lipinski definition) is 1. The van der Waals surface area contributed by atoms with Gasteiger partial charge in [0.15, 0.2) is 0 Å². The van der Waals surface area contributed by atoms with Crippen molar-refractivity contribution in [2.45, 2.75) is 6.92 Å². The van der Waals surface area contributed by atoms with Crippen LogP contribution in [0.15, 0.2) is 48.7 Å². The third kappa shape index (κ3) is 1.49. The van der Waals surface area contributed by atoms with Crippen molar-refractivity contribution in [3.8, 4) is 11.5 Å². The second kappa shape index (κ2) is 3.39. The van der Waals surface area contributed by atoms with Gasteiger partial charge in [-0.05, 0) is 47.5 Å². The maximum absolute atomic E-state index is 9.59. The summed E-state index contributed by atoms with van der Waals surface area (Å²) < 4.78 is 5.60. The lowest BCUT2D eigenvalue weighted by Crippen LogP contribution is -2.01. The Hall–Kier alpha value is -2.22. The zero-order valence-electron chi connectivity index (χ0n) is 9.53. The molecule has 0 radical (unpaired) electrons. The molecule has 0 unspecified atom stereocenters. The number of hydrogen-bond acceptors (Lipinski definition) is 2. The minimum atomic E-state index is 0.267. The maximum Gasteiger partial charge on any atom is 0.135 e. The number of aromatic hydroxyl groups is 1. The fourth-order valence-corrected chi connectivity index (χ4v) is 2.26. The number of fused-ring (bicyclic) bond motifs is 3. The summed E-state index contributed by atoms with van der Waals surface area (Å²) in [4.78, 5) is 0. The Balaban J connectivity index is 2.41. The van der Waals surface area contributed by atoms with Crippen molar-refractivity contribution < 1.29 is 9.84 Å². The van der Waals surface area contributed by atoms with Gasteiger partial charge < -0.3 is 9.84 Å². The van der Waals surface area contributed by atoms with Gasteiger partial charge in [-0.1, -0.05) is 18.7 Å². The summed E-state index contributed by atoms with van der Waals surface area (Å²) in [6.45, 7) is 5.84. The Bertz CT molecular complexity index is 666. The van der Waals surface area contributed by atoms with Crippen molar-refractivity contribution in [2.24, 2.45) is 0 Å². The van der Waals surface area contributed by atoms with Crippen molar-refractivity contribution >= 4 is 16.3 Å². The molecule has 0 atom stereocenters. The van der Waals surface area contributed by atoms with Gasteiger partial charge in [0.05, 0.1) is 0 Å². The van der Waals surface area contributed by atoms with Crippen LogP contribution in [0, 0.1) is 0 Å². The van der Waals surface area contributed by atoms with E-state index in [0.29, 0.717) is 5.76 Å². The molecule has 0 fully saturated rings. The highest BCUT2D eigenvalue weighted by Crippen LogP contribution is 2.39. The largest absolute Gasteiger partial charge is 0.508 e. The van der Waals surface area contributed by atoms with Crippen molar-refractivity contribution in [3.63, 3.8) is 0 Å². The van der Waals surface area contributed by atoms with Crippen LogP contribution in [0.25, 0.3) is 16.3 Å². The van der Waals surface area contributed by atoms with Crippen LogP contribution in [0.4, 0.5) is 0 Å². The zero-order chi connectivity index (χ0) is 12.0. The summed E-state index contributed by atoms with van der Waals surface area (Å²) in [6, 6.07) is 9.29. The van der Waals surface area contributed by atoms with Gasteiger partial charge in [-0.2, -0.15) is 0 Å². The first-order valence-corrected chi connectivity index (χ1v) is 5.46. The van der Waals surface area contributed by atoms with Crippen molar-refractivity contribution in [3.05, 3.63) is 54.3 Å². The highest BCUT2D eigenvalue weighted by Gasteiger charge is 2.16. The molecule has 3 rings (SSSR count). The van der Waals surface area contributed by atoms with Crippen molar-refractivity contribution in [1.82, 2.24) is 0 Å². The van der Waals surface area contributed by atoms with Gasteiger partial charge in [-0.3, -0.25) is 0 Å². The number of phenolic OH excluding ortho intramolecular Hbond substituents is 1. The summed E-state index contributed by atoms with van der Waals surface area (Å²) >= 11 is 0. The van der Waals surface area contributed by atoms with Crippen LogP contribution in [-0.2, 0) is 0 Å².